The molecule has 0 N–H and O–H groups in total. The molecule has 1 aliphatic rings. The van der Waals surface area contributed by atoms with Gasteiger partial charge in [0.05, 0.1) is 22.7 Å². The third kappa shape index (κ3) is 4.50. The molecule has 0 amide bonds. The Kier molecular flexibility index (Phi) is 6.53. The molecule has 0 saturated carbocycles. The van der Waals surface area contributed by atoms with E-state index < -0.39 is 0 Å². The highest BCUT2D eigenvalue weighted by Gasteiger charge is 2.30. The Bertz CT molecular complexity index is 2650. The summed E-state index contributed by atoms with van der Waals surface area (Å²) in [5, 5.41) is 7.77. The van der Waals surface area contributed by atoms with Crippen LogP contribution in [0.2, 0.25) is 0 Å². The van der Waals surface area contributed by atoms with Gasteiger partial charge in [-0.15, -0.1) is 0 Å². The van der Waals surface area contributed by atoms with Gasteiger partial charge in [0.15, 0.2) is 0 Å². The summed E-state index contributed by atoms with van der Waals surface area (Å²) in [5.41, 5.74) is 11.7. The lowest BCUT2D eigenvalue weighted by atomic mass is 9.91. The van der Waals surface area contributed by atoms with Gasteiger partial charge in [-0.1, -0.05) is 133 Å². The highest BCUT2D eigenvalue weighted by molar-refractivity contribution is 6.25. The van der Waals surface area contributed by atoms with E-state index >= 15 is 0 Å². The van der Waals surface area contributed by atoms with Crippen LogP contribution >= 0.6 is 0 Å². The molecule has 0 radical (unpaired) electrons. The molecule has 0 bridgehead atoms. The van der Waals surface area contributed by atoms with E-state index in [1.165, 1.54) is 54.6 Å². The zero-order valence-corrected chi connectivity index (χ0v) is 27.4. The Balaban J connectivity index is 1.08. The molecule has 2 nitrogen and oxygen atoms in total. The first-order valence-corrected chi connectivity index (χ1v) is 17.2. The molecule has 0 saturated heterocycles. The quantitative estimate of drug-likeness (QED) is 0.177. The zero-order valence-electron chi connectivity index (χ0n) is 27.4. The molecule has 50 heavy (non-hydrogen) atoms. The molecule has 10 rings (SSSR count). The van der Waals surface area contributed by atoms with Crippen LogP contribution in [0, 0.1) is 0 Å². The molecular formula is C48H32N2. The number of hydrogen-bond donors (Lipinski definition) is 0. The third-order valence-corrected chi connectivity index (χ3v) is 10.1. The third-order valence-electron chi connectivity index (χ3n) is 10.1. The minimum absolute atomic E-state index is 1.13. The summed E-state index contributed by atoms with van der Waals surface area (Å²) in [6, 6.07) is 70.5. The second-order valence-corrected chi connectivity index (χ2v) is 13.0. The summed E-state index contributed by atoms with van der Waals surface area (Å²) in [6.45, 7) is 0. The number of rotatable bonds is 4. The SMILES string of the molecule is c1ccc(N2c3ccccc3N(c3cccc(-c4cccc(-c5ccc6c7ccccc7c7ccccc7c6c5)c4)c3)c3ccccc32)cc1. The van der Waals surface area contributed by atoms with Gasteiger partial charge in [-0.05, 0) is 115 Å². The van der Waals surface area contributed by atoms with Crippen LogP contribution in [-0.4, -0.2) is 0 Å². The van der Waals surface area contributed by atoms with E-state index in [1.54, 1.807) is 0 Å². The van der Waals surface area contributed by atoms with Crippen LogP contribution < -0.4 is 9.80 Å². The van der Waals surface area contributed by atoms with Crippen LogP contribution in [0.3, 0.4) is 0 Å². The van der Waals surface area contributed by atoms with Crippen molar-refractivity contribution in [2.24, 2.45) is 0 Å². The molecule has 1 heterocycles. The summed E-state index contributed by atoms with van der Waals surface area (Å²) < 4.78 is 0. The topological polar surface area (TPSA) is 6.48 Å². The minimum Gasteiger partial charge on any atom is -0.306 e. The predicted octanol–water partition coefficient (Wildman–Crippen LogP) is 13.7. The smallest absolute Gasteiger partial charge is 0.0703 e. The van der Waals surface area contributed by atoms with Crippen LogP contribution in [0.25, 0.3) is 54.6 Å². The van der Waals surface area contributed by atoms with Crippen molar-refractivity contribution in [3.63, 3.8) is 0 Å². The van der Waals surface area contributed by atoms with Gasteiger partial charge in [0, 0.05) is 11.4 Å². The van der Waals surface area contributed by atoms with Crippen LogP contribution in [0.1, 0.15) is 0 Å². The normalized spacial score (nSPS) is 12.3. The van der Waals surface area contributed by atoms with Gasteiger partial charge in [-0.25, -0.2) is 0 Å². The van der Waals surface area contributed by atoms with E-state index in [4.69, 9.17) is 0 Å². The van der Waals surface area contributed by atoms with Gasteiger partial charge in [-0.3, -0.25) is 0 Å². The monoisotopic (exact) mass is 636 g/mol. The lowest BCUT2D eigenvalue weighted by Gasteiger charge is -2.40. The Morgan fingerprint density at radius 1 is 0.220 bits per heavy atom. The van der Waals surface area contributed by atoms with Crippen molar-refractivity contribution in [1.82, 2.24) is 0 Å². The first-order chi connectivity index (χ1) is 24.8. The average Bonchev–Trinajstić information content (AvgIpc) is 3.20. The van der Waals surface area contributed by atoms with Gasteiger partial charge < -0.3 is 9.80 Å². The second kappa shape index (κ2) is 11.5. The molecule has 234 valence electrons. The van der Waals surface area contributed by atoms with Crippen LogP contribution in [0.5, 0.6) is 0 Å². The van der Waals surface area contributed by atoms with Crippen molar-refractivity contribution in [2.45, 2.75) is 0 Å². The molecule has 9 aromatic carbocycles. The highest BCUT2D eigenvalue weighted by atomic mass is 15.3. The van der Waals surface area contributed by atoms with Gasteiger partial charge >= 0.3 is 0 Å². The molecule has 1 aliphatic heterocycles. The Labute approximate surface area is 291 Å². The van der Waals surface area contributed by atoms with Crippen LogP contribution in [0.4, 0.5) is 34.1 Å². The van der Waals surface area contributed by atoms with Gasteiger partial charge in [0.2, 0.25) is 0 Å². The second-order valence-electron chi connectivity index (χ2n) is 13.0. The summed E-state index contributed by atoms with van der Waals surface area (Å²) in [5.74, 6) is 0. The number of fused-ring (bicyclic) bond motifs is 8. The fourth-order valence-corrected chi connectivity index (χ4v) is 7.87. The van der Waals surface area contributed by atoms with E-state index in [0.29, 0.717) is 0 Å². The minimum atomic E-state index is 1.13. The molecular weight excluding hydrogens is 605 g/mol. The van der Waals surface area contributed by atoms with Crippen molar-refractivity contribution >= 4 is 66.4 Å². The molecule has 0 spiro atoms. The largest absolute Gasteiger partial charge is 0.306 e. The van der Waals surface area contributed by atoms with E-state index in [1.807, 2.05) is 0 Å². The number of para-hydroxylation sites is 5. The first kappa shape index (κ1) is 28.4. The van der Waals surface area contributed by atoms with E-state index in [2.05, 4.69) is 204 Å². The average molecular weight is 637 g/mol. The zero-order chi connectivity index (χ0) is 33.0. The van der Waals surface area contributed by atoms with Crippen LogP contribution in [-0.2, 0) is 0 Å². The van der Waals surface area contributed by atoms with E-state index in [0.717, 1.165) is 34.1 Å². The van der Waals surface area contributed by atoms with Crippen molar-refractivity contribution in [1.29, 1.82) is 0 Å². The fourth-order valence-electron chi connectivity index (χ4n) is 7.87. The van der Waals surface area contributed by atoms with Crippen molar-refractivity contribution in [3.8, 4) is 22.3 Å². The number of nitrogens with zero attached hydrogens (tertiary/aromatic N) is 2. The maximum absolute atomic E-state index is 2.40. The number of hydrogen-bond acceptors (Lipinski definition) is 2. The highest BCUT2D eigenvalue weighted by Crippen LogP contribution is 2.54. The maximum atomic E-state index is 2.40. The van der Waals surface area contributed by atoms with Crippen LogP contribution in [0.15, 0.2) is 194 Å². The molecule has 0 fully saturated rings. The van der Waals surface area contributed by atoms with E-state index in [9.17, 15) is 0 Å². The lowest BCUT2D eigenvalue weighted by Crippen LogP contribution is -2.23. The van der Waals surface area contributed by atoms with Crippen molar-refractivity contribution in [3.05, 3.63) is 194 Å². The molecule has 0 atom stereocenters. The first-order valence-electron chi connectivity index (χ1n) is 17.2. The van der Waals surface area contributed by atoms with Crippen molar-refractivity contribution < 1.29 is 0 Å². The Hall–Kier alpha value is -6.64. The van der Waals surface area contributed by atoms with E-state index in [-0.39, 0.29) is 0 Å². The number of anilines is 6. The lowest BCUT2D eigenvalue weighted by molar-refractivity contribution is 1.17. The summed E-state index contributed by atoms with van der Waals surface area (Å²) in [6.07, 6.45) is 0. The Morgan fingerprint density at radius 2 is 0.600 bits per heavy atom. The summed E-state index contributed by atoms with van der Waals surface area (Å²) >= 11 is 0. The predicted molar refractivity (Wildman–Crippen MR) is 213 cm³/mol. The standard InChI is InChI=1S/C48H32N2/c1-2-17-37(18-3-1)49-45-24-8-10-26-47(45)50(48-27-11-9-25-46(48)49)38-19-13-16-35(31-38)33-14-12-15-34(30-33)36-28-29-43-41-22-5-4-20-39(41)40-21-6-7-23-42(40)44(43)32-36/h1-32H. The molecule has 0 aliphatic carbocycles. The molecule has 9 aromatic rings. The molecule has 0 aromatic heterocycles. The number of benzene rings is 9. The summed E-state index contributed by atoms with van der Waals surface area (Å²) in [4.78, 5) is 4.76. The van der Waals surface area contributed by atoms with Crippen molar-refractivity contribution in [2.75, 3.05) is 9.80 Å². The molecule has 0 unspecified atom stereocenters. The van der Waals surface area contributed by atoms with Gasteiger partial charge in [-0.2, -0.15) is 0 Å². The Morgan fingerprint density at radius 3 is 1.16 bits per heavy atom. The van der Waals surface area contributed by atoms with Gasteiger partial charge in [0.25, 0.3) is 0 Å². The fraction of sp³-hybridized carbons (Fsp3) is 0. The molecule has 2 heteroatoms. The maximum Gasteiger partial charge on any atom is 0.0703 e. The van der Waals surface area contributed by atoms with Gasteiger partial charge in [0.1, 0.15) is 0 Å². The summed E-state index contributed by atoms with van der Waals surface area (Å²) in [7, 11) is 0.